The van der Waals surface area contributed by atoms with Crippen molar-refractivity contribution in [3.63, 3.8) is 0 Å². The van der Waals surface area contributed by atoms with E-state index in [9.17, 15) is 13.9 Å². The van der Waals surface area contributed by atoms with Gasteiger partial charge in [-0.2, -0.15) is 0 Å². The first-order valence-electron chi connectivity index (χ1n) is 11.2. The smallest absolute Gasteiger partial charge is 0.123 e. The minimum absolute atomic E-state index is 0.239. The first-order valence-corrected chi connectivity index (χ1v) is 12.0. The van der Waals surface area contributed by atoms with E-state index >= 15 is 0 Å². The maximum Gasteiger partial charge on any atom is 0.123 e. The van der Waals surface area contributed by atoms with Gasteiger partial charge in [-0.05, 0) is 87.8 Å². The predicted octanol–water partition coefficient (Wildman–Crippen LogP) is 6.79. The third kappa shape index (κ3) is 4.60. The number of benzene rings is 3. The highest BCUT2D eigenvalue weighted by atomic mass is 79.9. The van der Waals surface area contributed by atoms with Gasteiger partial charge in [0.05, 0.1) is 11.6 Å². The first-order chi connectivity index (χ1) is 16.0. The summed E-state index contributed by atoms with van der Waals surface area (Å²) in [6.07, 6.45) is 2.76. The molecule has 0 radical (unpaired) electrons. The van der Waals surface area contributed by atoms with Crippen LogP contribution in [-0.2, 0) is 13.0 Å². The second-order valence-corrected chi connectivity index (χ2v) is 9.57. The van der Waals surface area contributed by atoms with Crippen LogP contribution in [0.2, 0.25) is 0 Å². The standard InChI is InChI=1S/C27H25BrF2N2O/c28-23-13-12-21(16-4-8-18(29)9-5-16)26-22-15-31-20(14-24(22)32-27(23)26)2-1-3-25(33)17-6-10-19(30)11-7-17/h4-13,20,25,31-33H,1-3,14-15H2. The molecule has 5 rings (SSSR count). The number of aliphatic hydroxyl groups is 1. The summed E-state index contributed by atoms with van der Waals surface area (Å²) in [4.78, 5) is 3.62. The Morgan fingerprint density at radius 2 is 1.67 bits per heavy atom. The molecule has 3 aromatic carbocycles. The lowest BCUT2D eigenvalue weighted by Crippen LogP contribution is -2.35. The second-order valence-electron chi connectivity index (χ2n) is 8.71. The molecule has 4 aromatic rings. The van der Waals surface area contributed by atoms with Crippen molar-refractivity contribution in [1.82, 2.24) is 10.3 Å². The molecular formula is C27H25BrF2N2O. The van der Waals surface area contributed by atoms with Crippen molar-refractivity contribution in [3.8, 4) is 11.1 Å². The quantitative estimate of drug-likeness (QED) is 0.267. The first kappa shape index (κ1) is 22.3. The van der Waals surface area contributed by atoms with Gasteiger partial charge in [0.1, 0.15) is 11.6 Å². The molecule has 0 fully saturated rings. The van der Waals surface area contributed by atoms with E-state index in [1.54, 1.807) is 12.1 Å². The highest BCUT2D eigenvalue weighted by molar-refractivity contribution is 9.10. The van der Waals surface area contributed by atoms with Crippen molar-refractivity contribution >= 4 is 26.8 Å². The van der Waals surface area contributed by atoms with Crippen molar-refractivity contribution in [3.05, 3.63) is 93.6 Å². The average Bonchev–Trinajstić information content (AvgIpc) is 3.20. The average molecular weight is 511 g/mol. The number of halogens is 3. The topological polar surface area (TPSA) is 48.0 Å². The maximum atomic E-state index is 13.4. The van der Waals surface area contributed by atoms with Crippen LogP contribution in [-0.4, -0.2) is 16.1 Å². The van der Waals surface area contributed by atoms with E-state index in [2.05, 4.69) is 32.3 Å². The van der Waals surface area contributed by atoms with E-state index in [-0.39, 0.29) is 11.6 Å². The molecule has 1 aromatic heterocycles. The van der Waals surface area contributed by atoms with Crippen LogP contribution in [0.1, 0.15) is 42.2 Å². The third-order valence-electron chi connectivity index (χ3n) is 6.55. The van der Waals surface area contributed by atoms with E-state index in [4.69, 9.17) is 0 Å². The molecule has 3 nitrogen and oxygen atoms in total. The molecule has 6 heteroatoms. The number of aromatic amines is 1. The Labute approximate surface area is 200 Å². The van der Waals surface area contributed by atoms with Gasteiger partial charge in [0, 0.05) is 34.6 Å². The van der Waals surface area contributed by atoms with Crippen molar-refractivity contribution in [2.75, 3.05) is 0 Å². The zero-order valence-corrected chi connectivity index (χ0v) is 19.6. The summed E-state index contributed by atoms with van der Waals surface area (Å²) in [7, 11) is 0. The number of fused-ring (bicyclic) bond motifs is 3. The summed E-state index contributed by atoms with van der Waals surface area (Å²) in [5, 5.41) is 15.2. The molecule has 0 saturated carbocycles. The van der Waals surface area contributed by atoms with Gasteiger partial charge in [0.15, 0.2) is 0 Å². The third-order valence-corrected chi connectivity index (χ3v) is 7.22. The summed E-state index contributed by atoms with van der Waals surface area (Å²) in [6, 6.07) is 17.1. The molecule has 0 saturated heterocycles. The van der Waals surface area contributed by atoms with E-state index in [1.807, 2.05) is 18.2 Å². The van der Waals surface area contributed by atoms with Gasteiger partial charge in [0.25, 0.3) is 0 Å². The summed E-state index contributed by atoms with van der Waals surface area (Å²) in [6.45, 7) is 0.755. The minimum atomic E-state index is -0.577. The molecule has 0 spiro atoms. The number of aromatic nitrogens is 1. The molecule has 3 N–H and O–H groups in total. The highest BCUT2D eigenvalue weighted by Gasteiger charge is 2.24. The molecule has 0 bridgehead atoms. The van der Waals surface area contributed by atoms with Crippen LogP contribution in [0.3, 0.4) is 0 Å². The molecule has 170 valence electrons. The number of hydrogen-bond donors (Lipinski definition) is 3. The molecule has 0 aliphatic carbocycles. The number of aliphatic hydroxyl groups excluding tert-OH is 1. The Morgan fingerprint density at radius 3 is 2.39 bits per heavy atom. The van der Waals surface area contributed by atoms with E-state index in [1.165, 1.54) is 40.9 Å². The molecule has 2 atom stereocenters. The Kier molecular flexibility index (Phi) is 6.32. The van der Waals surface area contributed by atoms with Crippen molar-refractivity contribution < 1.29 is 13.9 Å². The Balaban J connectivity index is 1.31. The molecule has 1 aliphatic rings. The zero-order chi connectivity index (χ0) is 22.9. The largest absolute Gasteiger partial charge is 0.388 e. The molecule has 33 heavy (non-hydrogen) atoms. The number of hydrogen-bond acceptors (Lipinski definition) is 2. The van der Waals surface area contributed by atoms with E-state index in [0.29, 0.717) is 12.5 Å². The Bertz CT molecular complexity index is 1270. The molecular weight excluding hydrogens is 486 g/mol. The molecule has 2 unspecified atom stereocenters. The van der Waals surface area contributed by atoms with Gasteiger partial charge in [-0.3, -0.25) is 0 Å². The van der Waals surface area contributed by atoms with Gasteiger partial charge in [-0.25, -0.2) is 8.78 Å². The maximum absolute atomic E-state index is 13.4. The lowest BCUT2D eigenvalue weighted by Gasteiger charge is -2.25. The zero-order valence-electron chi connectivity index (χ0n) is 18.0. The molecule has 2 heterocycles. The van der Waals surface area contributed by atoms with E-state index in [0.717, 1.165) is 52.5 Å². The van der Waals surface area contributed by atoms with Gasteiger partial charge in [-0.15, -0.1) is 0 Å². The summed E-state index contributed by atoms with van der Waals surface area (Å²) < 4.78 is 27.6. The van der Waals surface area contributed by atoms with Crippen LogP contribution in [0.5, 0.6) is 0 Å². The van der Waals surface area contributed by atoms with Gasteiger partial charge < -0.3 is 15.4 Å². The lowest BCUT2D eigenvalue weighted by molar-refractivity contribution is 0.161. The molecule has 0 amide bonds. The Hall–Kier alpha value is -2.54. The van der Waals surface area contributed by atoms with Gasteiger partial charge >= 0.3 is 0 Å². The van der Waals surface area contributed by atoms with Crippen LogP contribution in [0.15, 0.2) is 65.1 Å². The SMILES string of the molecule is OC(CCCC1Cc2[nH]c3c(Br)ccc(-c4ccc(F)cc4)c3c2CN1)c1ccc(F)cc1. The predicted molar refractivity (Wildman–Crippen MR) is 131 cm³/mol. The van der Waals surface area contributed by atoms with E-state index < -0.39 is 6.10 Å². The van der Waals surface area contributed by atoms with Crippen LogP contribution >= 0.6 is 15.9 Å². The normalized spacial score (nSPS) is 16.7. The summed E-state index contributed by atoms with van der Waals surface area (Å²) in [5.41, 5.74) is 6.39. The monoisotopic (exact) mass is 510 g/mol. The van der Waals surface area contributed by atoms with Crippen LogP contribution in [0, 0.1) is 11.6 Å². The van der Waals surface area contributed by atoms with Gasteiger partial charge in [0.2, 0.25) is 0 Å². The summed E-state index contributed by atoms with van der Waals surface area (Å²) >= 11 is 3.68. The summed E-state index contributed by atoms with van der Waals surface area (Å²) in [5.74, 6) is -0.530. The minimum Gasteiger partial charge on any atom is -0.388 e. The lowest BCUT2D eigenvalue weighted by atomic mass is 9.93. The fourth-order valence-electron chi connectivity index (χ4n) is 4.81. The van der Waals surface area contributed by atoms with Crippen LogP contribution < -0.4 is 5.32 Å². The number of nitrogens with one attached hydrogen (secondary N) is 2. The fraction of sp³-hybridized carbons (Fsp3) is 0.259. The second kappa shape index (κ2) is 9.37. The van der Waals surface area contributed by atoms with Crippen molar-refractivity contribution in [1.29, 1.82) is 0 Å². The van der Waals surface area contributed by atoms with Crippen molar-refractivity contribution in [2.24, 2.45) is 0 Å². The van der Waals surface area contributed by atoms with Crippen molar-refractivity contribution in [2.45, 2.75) is 44.4 Å². The van der Waals surface area contributed by atoms with Crippen LogP contribution in [0.25, 0.3) is 22.0 Å². The van der Waals surface area contributed by atoms with Crippen LogP contribution in [0.4, 0.5) is 8.78 Å². The fourth-order valence-corrected chi connectivity index (χ4v) is 5.24. The highest BCUT2D eigenvalue weighted by Crippen LogP contribution is 2.38. The Morgan fingerprint density at radius 1 is 0.970 bits per heavy atom. The molecule has 1 aliphatic heterocycles. The van der Waals surface area contributed by atoms with Gasteiger partial charge in [-0.1, -0.05) is 30.3 Å². The number of H-pyrrole nitrogens is 1. The number of rotatable bonds is 6.